The van der Waals surface area contributed by atoms with Crippen LogP contribution in [0.1, 0.15) is 18.9 Å². The van der Waals surface area contributed by atoms with Gasteiger partial charge in [-0.1, -0.05) is 18.2 Å². The summed E-state index contributed by atoms with van der Waals surface area (Å²) < 4.78 is 5.37. The average Bonchev–Trinajstić information content (AvgIpc) is 2.47. The fraction of sp³-hybridized carbons (Fsp3) is 0.562. The first-order chi connectivity index (χ1) is 10.1. The Morgan fingerprint density at radius 2 is 2.19 bits per heavy atom. The first-order valence-corrected chi connectivity index (χ1v) is 8.38. The number of fused-ring (bicyclic) bond motifs is 1. The molecule has 0 bridgehead atoms. The summed E-state index contributed by atoms with van der Waals surface area (Å²) in [6.07, 6.45) is 0.765. The molecule has 5 heteroatoms. The van der Waals surface area contributed by atoms with Crippen LogP contribution in [0.25, 0.3) is 0 Å². The number of hydrogen-bond donors (Lipinski definition) is 1. The number of hydrogen-bond acceptors (Lipinski definition) is 5. The molecular formula is C16H24N2O2S. The summed E-state index contributed by atoms with van der Waals surface area (Å²) in [5, 5.41) is 3.48. The second-order valence-corrected chi connectivity index (χ2v) is 6.59. The standard InChI is InChI=1S/C16H24N2O2S/c1-4-20-15(19)16(17-10-11-18(2)3)9-12-21-14-8-6-5-7-13(14)16/h5-8,17H,4,9-12H2,1-3H3. The minimum absolute atomic E-state index is 0.156. The highest BCUT2D eigenvalue weighted by molar-refractivity contribution is 7.99. The van der Waals surface area contributed by atoms with Crippen LogP contribution in [-0.2, 0) is 15.1 Å². The van der Waals surface area contributed by atoms with Crippen LogP contribution in [0.5, 0.6) is 0 Å². The topological polar surface area (TPSA) is 41.6 Å². The SMILES string of the molecule is CCOC(=O)C1(NCCN(C)C)CCSc2ccccc21. The molecule has 0 saturated carbocycles. The molecule has 0 saturated heterocycles. The molecule has 2 rings (SSSR count). The zero-order valence-electron chi connectivity index (χ0n) is 13.0. The maximum absolute atomic E-state index is 12.7. The molecule has 1 aromatic rings. The van der Waals surface area contributed by atoms with Crippen LogP contribution < -0.4 is 5.32 Å². The van der Waals surface area contributed by atoms with Crippen LogP contribution in [0.3, 0.4) is 0 Å². The van der Waals surface area contributed by atoms with Crippen molar-refractivity contribution in [2.45, 2.75) is 23.8 Å². The van der Waals surface area contributed by atoms with E-state index in [2.05, 4.69) is 16.3 Å². The second-order valence-electron chi connectivity index (χ2n) is 5.45. The number of nitrogens with one attached hydrogen (secondary N) is 1. The van der Waals surface area contributed by atoms with Crippen molar-refractivity contribution >= 4 is 17.7 Å². The molecule has 1 N–H and O–H groups in total. The van der Waals surface area contributed by atoms with E-state index in [1.54, 1.807) is 0 Å². The normalized spacial score (nSPS) is 21.1. The smallest absolute Gasteiger partial charge is 0.331 e. The van der Waals surface area contributed by atoms with Crippen molar-refractivity contribution in [1.29, 1.82) is 0 Å². The number of nitrogens with zero attached hydrogens (tertiary/aromatic N) is 1. The van der Waals surface area contributed by atoms with Gasteiger partial charge in [-0.3, -0.25) is 5.32 Å². The molecule has 1 atom stereocenters. The van der Waals surface area contributed by atoms with Crippen molar-refractivity contribution in [2.75, 3.05) is 39.5 Å². The molecule has 1 aliphatic heterocycles. The zero-order chi connectivity index (χ0) is 15.3. The highest BCUT2D eigenvalue weighted by atomic mass is 32.2. The number of thioether (sulfide) groups is 1. The Balaban J connectivity index is 2.30. The van der Waals surface area contributed by atoms with Crippen LogP contribution in [0, 0.1) is 0 Å². The van der Waals surface area contributed by atoms with Crippen molar-refractivity contribution in [3.05, 3.63) is 29.8 Å². The summed E-state index contributed by atoms with van der Waals surface area (Å²) in [6.45, 7) is 3.90. The van der Waals surface area contributed by atoms with Crippen LogP contribution >= 0.6 is 11.8 Å². The van der Waals surface area contributed by atoms with Crippen molar-refractivity contribution in [1.82, 2.24) is 10.2 Å². The Labute approximate surface area is 131 Å². The Kier molecular flexibility index (Phi) is 5.67. The first-order valence-electron chi connectivity index (χ1n) is 7.39. The van der Waals surface area contributed by atoms with Crippen LogP contribution in [0.15, 0.2) is 29.2 Å². The Bertz CT molecular complexity index is 493. The van der Waals surface area contributed by atoms with Crippen molar-refractivity contribution in [2.24, 2.45) is 0 Å². The van der Waals surface area contributed by atoms with E-state index in [0.717, 1.165) is 30.8 Å². The maximum atomic E-state index is 12.7. The molecule has 0 fully saturated rings. The van der Waals surface area contributed by atoms with E-state index in [1.807, 2.05) is 51.0 Å². The zero-order valence-corrected chi connectivity index (χ0v) is 13.8. The Morgan fingerprint density at radius 3 is 2.90 bits per heavy atom. The molecule has 21 heavy (non-hydrogen) atoms. The molecule has 0 spiro atoms. The fourth-order valence-electron chi connectivity index (χ4n) is 2.61. The molecule has 1 unspecified atom stereocenters. The summed E-state index contributed by atoms with van der Waals surface area (Å²) in [6, 6.07) is 8.14. The largest absolute Gasteiger partial charge is 0.464 e. The monoisotopic (exact) mass is 308 g/mol. The highest BCUT2D eigenvalue weighted by Gasteiger charge is 2.44. The van der Waals surface area contributed by atoms with Gasteiger partial charge in [0.1, 0.15) is 5.54 Å². The summed E-state index contributed by atoms with van der Waals surface area (Å²) in [7, 11) is 4.06. The summed E-state index contributed by atoms with van der Waals surface area (Å²) >= 11 is 1.81. The van der Waals surface area contributed by atoms with E-state index < -0.39 is 5.54 Å². The van der Waals surface area contributed by atoms with Crippen molar-refractivity contribution in [3.63, 3.8) is 0 Å². The molecule has 0 aliphatic carbocycles. The molecule has 0 aromatic heterocycles. The number of likely N-dealkylation sites (N-methyl/N-ethyl adjacent to an activating group) is 1. The summed E-state index contributed by atoms with van der Waals surface area (Å²) in [5.41, 5.74) is 0.354. The van der Waals surface area contributed by atoms with Crippen molar-refractivity contribution < 1.29 is 9.53 Å². The number of carbonyl (C=O) groups is 1. The number of esters is 1. The molecule has 0 amide bonds. The molecule has 1 aliphatic rings. The van der Waals surface area contributed by atoms with Gasteiger partial charge >= 0.3 is 5.97 Å². The lowest BCUT2D eigenvalue weighted by atomic mass is 9.86. The summed E-state index contributed by atoms with van der Waals surface area (Å²) in [4.78, 5) is 15.9. The highest BCUT2D eigenvalue weighted by Crippen LogP contribution is 2.40. The van der Waals surface area contributed by atoms with E-state index in [0.29, 0.717) is 6.61 Å². The van der Waals surface area contributed by atoms with Gasteiger partial charge in [-0.15, -0.1) is 11.8 Å². The average molecular weight is 308 g/mol. The van der Waals surface area contributed by atoms with E-state index in [4.69, 9.17) is 4.74 Å². The van der Waals surface area contributed by atoms with E-state index >= 15 is 0 Å². The number of ether oxygens (including phenoxy) is 1. The lowest BCUT2D eigenvalue weighted by molar-refractivity contribution is -0.152. The van der Waals surface area contributed by atoms with Crippen LogP contribution in [-0.4, -0.2) is 50.4 Å². The molecule has 4 nitrogen and oxygen atoms in total. The van der Waals surface area contributed by atoms with Crippen LogP contribution in [0.2, 0.25) is 0 Å². The van der Waals surface area contributed by atoms with Gasteiger partial charge in [0, 0.05) is 23.7 Å². The predicted octanol–water partition coefficient (Wildman–Crippen LogP) is 2.09. The molecule has 1 heterocycles. The van der Waals surface area contributed by atoms with Crippen LogP contribution in [0.4, 0.5) is 0 Å². The van der Waals surface area contributed by atoms with Gasteiger partial charge in [0.2, 0.25) is 0 Å². The van der Waals surface area contributed by atoms with Gasteiger partial charge in [0.05, 0.1) is 6.61 Å². The third kappa shape index (κ3) is 3.59. The van der Waals surface area contributed by atoms with Crippen molar-refractivity contribution in [3.8, 4) is 0 Å². The van der Waals surface area contributed by atoms with E-state index in [1.165, 1.54) is 4.90 Å². The molecule has 0 radical (unpaired) electrons. The number of rotatable bonds is 6. The van der Waals surface area contributed by atoms with Gasteiger partial charge < -0.3 is 9.64 Å². The minimum Gasteiger partial charge on any atom is -0.464 e. The van der Waals surface area contributed by atoms with Gasteiger partial charge in [-0.05, 0) is 39.1 Å². The quantitative estimate of drug-likeness (QED) is 0.815. The Hall–Kier alpha value is -1.04. The summed E-state index contributed by atoms with van der Waals surface area (Å²) in [5.74, 6) is 0.765. The molecule has 1 aromatic carbocycles. The number of carbonyl (C=O) groups excluding carboxylic acids is 1. The van der Waals surface area contributed by atoms with Gasteiger partial charge in [0.15, 0.2) is 0 Å². The van der Waals surface area contributed by atoms with E-state index in [-0.39, 0.29) is 5.97 Å². The van der Waals surface area contributed by atoms with Gasteiger partial charge in [-0.25, -0.2) is 4.79 Å². The fourth-order valence-corrected chi connectivity index (χ4v) is 3.81. The first kappa shape index (κ1) is 16.3. The third-order valence-electron chi connectivity index (χ3n) is 3.69. The van der Waals surface area contributed by atoms with Gasteiger partial charge in [-0.2, -0.15) is 0 Å². The third-order valence-corrected chi connectivity index (χ3v) is 4.77. The van der Waals surface area contributed by atoms with Gasteiger partial charge in [0.25, 0.3) is 0 Å². The number of benzene rings is 1. The maximum Gasteiger partial charge on any atom is 0.331 e. The minimum atomic E-state index is -0.701. The lowest BCUT2D eigenvalue weighted by Crippen LogP contribution is -2.53. The van der Waals surface area contributed by atoms with E-state index in [9.17, 15) is 4.79 Å². The second kappa shape index (κ2) is 7.29. The lowest BCUT2D eigenvalue weighted by Gasteiger charge is -2.37. The Morgan fingerprint density at radius 1 is 1.43 bits per heavy atom. The molecular weight excluding hydrogens is 284 g/mol. The molecule has 116 valence electrons. The predicted molar refractivity (Wildman–Crippen MR) is 86.7 cm³/mol.